The molecule has 0 radical (unpaired) electrons. The molecule has 6 heteroatoms. The van der Waals surface area contributed by atoms with E-state index in [2.05, 4.69) is 21.9 Å². The topological polar surface area (TPSA) is 61.7 Å². The van der Waals surface area contributed by atoms with Gasteiger partial charge in [-0.25, -0.2) is 9.97 Å². The van der Waals surface area contributed by atoms with Crippen molar-refractivity contribution < 1.29 is 9.84 Å². The van der Waals surface area contributed by atoms with E-state index in [1.54, 1.807) is 7.11 Å². The number of benzene rings is 1. The second-order valence-electron chi connectivity index (χ2n) is 12.0. The van der Waals surface area contributed by atoms with E-state index in [1.807, 2.05) is 18.5 Å². The Balaban J connectivity index is 1.25. The summed E-state index contributed by atoms with van der Waals surface area (Å²) in [5, 5.41) is 10.6. The number of nitrogens with zero attached hydrogens (tertiary/aromatic N) is 4. The third-order valence-corrected chi connectivity index (χ3v) is 10.9. The van der Waals surface area contributed by atoms with Crippen molar-refractivity contribution in [2.45, 2.75) is 62.4 Å². The third-order valence-electron chi connectivity index (χ3n) is 10.9. The van der Waals surface area contributed by atoms with Gasteiger partial charge in [0, 0.05) is 30.6 Å². The molecule has 3 saturated carbocycles. The number of aromatic hydroxyl groups is 1. The average Bonchev–Trinajstić information content (AvgIpc) is 3.55. The van der Waals surface area contributed by atoms with E-state index in [9.17, 15) is 5.11 Å². The summed E-state index contributed by atoms with van der Waals surface area (Å²) in [7, 11) is 1.67. The minimum absolute atomic E-state index is 0.179. The monoisotopic (exact) mass is 458 g/mol. The Bertz CT molecular complexity index is 1150. The summed E-state index contributed by atoms with van der Waals surface area (Å²) in [6.45, 7) is 3.59. The number of hydrogen-bond acceptors (Lipinski definition) is 6. The fraction of sp³-hybridized carbons (Fsp3) is 0.643. The van der Waals surface area contributed by atoms with Gasteiger partial charge >= 0.3 is 0 Å². The van der Waals surface area contributed by atoms with Crippen LogP contribution in [-0.2, 0) is 11.8 Å². The first kappa shape index (κ1) is 19.9. The van der Waals surface area contributed by atoms with Crippen LogP contribution in [0.3, 0.4) is 0 Å². The zero-order chi connectivity index (χ0) is 22.7. The van der Waals surface area contributed by atoms with Crippen molar-refractivity contribution in [2.75, 3.05) is 31.6 Å². The molecule has 6 nitrogen and oxygen atoms in total. The van der Waals surface area contributed by atoms with Crippen molar-refractivity contribution in [3.05, 3.63) is 41.7 Å². The normalized spacial score (nSPS) is 39.6. The van der Waals surface area contributed by atoms with Crippen molar-refractivity contribution in [2.24, 2.45) is 23.2 Å². The Morgan fingerprint density at radius 1 is 1.15 bits per heavy atom. The van der Waals surface area contributed by atoms with Crippen molar-refractivity contribution in [3.8, 4) is 11.5 Å². The summed E-state index contributed by atoms with van der Waals surface area (Å²) >= 11 is 0. The fourth-order valence-electron chi connectivity index (χ4n) is 9.74. The van der Waals surface area contributed by atoms with Crippen LogP contribution in [0.15, 0.2) is 30.6 Å². The molecule has 0 amide bonds. The highest BCUT2D eigenvalue weighted by Gasteiger charge is 2.76. The maximum atomic E-state index is 10.6. The van der Waals surface area contributed by atoms with Gasteiger partial charge in [0.25, 0.3) is 0 Å². The first-order chi connectivity index (χ1) is 16.6. The minimum Gasteiger partial charge on any atom is -0.508 e. The Morgan fingerprint density at radius 3 is 2.79 bits per heavy atom. The van der Waals surface area contributed by atoms with E-state index in [-0.39, 0.29) is 5.41 Å². The predicted octanol–water partition coefficient (Wildman–Crippen LogP) is 3.77. The SMILES string of the molecule is COc1cnc(N2C[C@H]3CC45CCC2C3C42CCN(CC3CC3)C5Cc3ccc(O)cc32)nc1. The molecule has 6 atom stereocenters. The average molecular weight is 459 g/mol. The Morgan fingerprint density at radius 2 is 2.00 bits per heavy atom. The lowest BCUT2D eigenvalue weighted by Gasteiger charge is -2.66. The number of aromatic nitrogens is 2. The highest BCUT2D eigenvalue weighted by atomic mass is 16.5. The summed E-state index contributed by atoms with van der Waals surface area (Å²) in [6.07, 6.45) is 12.7. The van der Waals surface area contributed by atoms with Crippen LogP contribution in [0.2, 0.25) is 0 Å². The van der Waals surface area contributed by atoms with Crippen LogP contribution < -0.4 is 9.64 Å². The highest BCUT2D eigenvalue weighted by Crippen LogP contribution is 2.75. The molecule has 4 aliphatic carbocycles. The Kier molecular flexibility index (Phi) is 3.90. The maximum Gasteiger partial charge on any atom is 0.225 e. The number of hydrogen-bond donors (Lipinski definition) is 1. The number of fused-ring (bicyclic) bond motifs is 1. The number of phenols is 1. The van der Waals surface area contributed by atoms with Gasteiger partial charge in [0.1, 0.15) is 5.75 Å². The van der Waals surface area contributed by atoms with Gasteiger partial charge in [0.2, 0.25) is 5.95 Å². The van der Waals surface area contributed by atoms with Gasteiger partial charge < -0.3 is 14.7 Å². The van der Waals surface area contributed by atoms with E-state index in [1.165, 1.54) is 69.2 Å². The zero-order valence-corrected chi connectivity index (χ0v) is 20.0. The van der Waals surface area contributed by atoms with Crippen LogP contribution in [0.25, 0.3) is 0 Å². The smallest absolute Gasteiger partial charge is 0.225 e. The van der Waals surface area contributed by atoms with Gasteiger partial charge in [-0.3, -0.25) is 4.90 Å². The molecule has 2 saturated heterocycles. The van der Waals surface area contributed by atoms with E-state index >= 15 is 0 Å². The van der Waals surface area contributed by atoms with Gasteiger partial charge in [-0.2, -0.15) is 0 Å². The second-order valence-corrected chi connectivity index (χ2v) is 12.0. The number of phenolic OH excluding ortho intramolecular Hbond substituents is 1. The zero-order valence-electron chi connectivity index (χ0n) is 20.0. The van der Waals surface area contributed by atoms with Crippen molar-refractivity contribution in [1.82, 2.24) is 14.9 Å². The van der Waals surface area contributed by atoms with E-state index in [0.29, 0.717) is 40.8 Å². The molecular formula is C28H34N4O2. The van der Waals surface area contributed by atoms with Crippen LogP contribution in [0.4, 0.5) is 5.95 Å². The molecule has 0 spiro atoms. The van der Waals surface area contributed by atoms with Crippen molar-refractivity contribution >= 4 is 5.95 Å². The quantitative estimate of drug-likeness (QED) is 0.753. The molecule has 4 bridgehead atoms. The molecule has 34 heavy (non-hydrogen) atoms. The molecule has 6 aliphatic rings. The van der Waals surface area contributed by atoms with Crippen LogP contribution >= 0.6 is 0 Å². The first-order valence-corrected chi connectivity index (χ1v) is 13.3. The molecule has 1 aromatic carbocycles. The summed E-state index contributed by atoms with van der Waals surface area (Å²) < 4.78 is 5.31. The van der Waals surface area contributed by atoms with Crippen LogP contribution in [0.5, 0.6) is 11.5 Å². The van der Waals surface area contributed by atoms with Gasteiger partial charge in [0.15, 0.2) is 5.75 Å². The molecule has 178 valence electrons. The van der Waals surface area contributed by atoms with Crippen LogP contribution in [0.1, 0.15) is 49.7 Å². The van der Waals surface area contributed by atoms with Crippen LogP contribution in [-0.4, -0.2) is 58.8 Å². The second kappa shape index (κ2) is 6.66. The summed E-state index contributed by atoms with van der Waals surface area (Å²) in [5.41, 5.74) is 3.53. The Labute approximate surface area is 201 Å². The van der Waals surface area contributed by atoms with Gasteiger partial charge in [0.05, 0.1) is 19.5 Å². The third kappa shape index (κ3) is 2.36. The molecule has 3 heterocycles. The molecule has 5 unspecified atom stereocenters. The number of likely N-dealkylation sites (tertiary alicyclic amines) is 1. The molecule has 2 aromatic rings. The minimum atomic E-state index is 0.179. The van der Waals surface area contributed by atoms with Crippen molar-refractivity contribution in [1.29, 1.82) is 0 Å². The molecule has 8 rings (SSSR count). The standard InChI is InChI=1S/C28H34N4O2/c1-34-21-13-29-26(30-14-21)32-16-19-12-27-7-6-23(32)25(19)28(27)8-9-31(15-17-2-3-17)24(27)10-18-4-5-20(33)11-22(18)28/h4-5,11,13-14,17,19,23-25,33H,2-3,6-10,12,15-16H2,1H3/t19-,23?,24?,25?,27?,28?/m1/s1. The summed E-state index contributed by atoms with van der Waals surface area (Å²) in [4.78, 5) is 14.8. The molecule has 2 aliphatic heterocycles. The summed E-state index contributed by atoms with van der Waals surface area (Å²) in [5.74, 6) is 4.25. The van der Waals surface area contributed by atoms with Gasteiger partial charge in [-0.15, -0.1) is 0 Å². The maximum absolute atomic E-state index is 10.6. The number of ether oxygens (including phenoxy) is 1. The molecule has 1 N–H and O–H groups in total. The van der Waals surface area contributed by atoms with Gasteiger partial charge in [-0.05, 0) is 97.9 Å². The van der Waals surface area contributed by atoms with E-state index < -0.39 is 0 Å². The van der Waals surface area contributed by atoms with E-state index in [4.69, 9.17) is 14.7 Å². The van der Waals surface area contributed by atoms with Crippen molar-refractivity contribution in [3.63, 3.8) is 0 Å². The number of rotatable bonds is 4. The Hall–Kier alpha value is -2.34. The molecule has 1 aromatic heterocycles. The van der Waals surface area contributed by atoms with Gasteiger partial charge in [-0.1, -0.05) is 6.07 Å². The highest BCUT2D eigenvalue weighted by molar-refractivity contribution is 5.53. The summed E-state index contributed by atoms with van der Waals surface area (Å²) in [6, 6.07) is 7.47. The number of methoxy groups -OCH3 is 1. The van der Waals surface area contributed by atoms with Crippen LogP contribution in [0, 0.1) is 23.2 Å². The van der Waals surface area contributed by atoms with E-state index in [0.717, 1.165) is 18.4 Å². The lowest BCUT2D eigenvalue weighted by atomic mass is 9.43. The lowest BCUT2D eigenvalue weighted by Crippen LogP contribution is -2.69. The molecule has 5 fully saturated rings. The molecular weight excluding hydrogens is 424 g/mol. The largest absolute Gasteiger partial charge is 0.508 e. The lowest BCUT2D eigenvalue weighted by molar-refractivity contribution is -0.0921. The number of anilines is 1. The first-order valence-electron chi connectivity index (χ1n) is 13.3. The predicted molar refractivity (Wildman–Crippen MR) is 129 cm³/mol. The number of piperidine rings is 1. The fourth-order valence-corrected chi connectivity index (χ4v) is 9.74.